The number of halogens is 1. The van der Waals surface area contributed by atoms with E-state index in [1.807, 2.05) is 6.92 Å². The number of aryl methyl sites for hydroxylation is 1. The molecule has 31 heavy (non-hydrogen) atoms. The number of ketones is 2. The summed E-state index contributed by atoms with van der Waals surface area (Å²) >= 11 is 5.95. The van der Waals surface area contributed by atoms with Crippen molar-refractivity contribution in [2.45, 2.75) is 58.2 Å². The van der Waals surface area contributed by atoms with Crippen LogP contribution in [0.1, 0.15) is 51.7 Å². The van der Waals surface area contributed by atoms with Crippen LogP contribution in [-0.2, 0) is 20.7 Å². The lowest BCUT2D eigenvalue weighted by atomic mass is 9.74. The van der Waals surface area contributed by atoms with E-state index < -0.39 is 22.0 Å². The minimum absolute atomic E-state index is 0.0299. The molecule has 0 spiro atoms. The molecule has 7 nitrogen and oxygen atoms in total. The van der Waals surface area contributed by atoms with Crippen molar-refractivity contribution in [3.63, 3.8) is 0 Å². The number of nitrogens with zero attached hydrogens (tertiary/aromatic N) is 1. The molecule has 0 atom stereocenters. The van der Waals surface area contributed by atoms with E-state index in [1.165, 1.54) is 18.2 Å². The highest BCUT2D eigenvalue weighted by atomic mass is 35.5. The summed E-state index contributed by atoms with van der Waals surface area (Å²) in [5, 5.41) is 10.9. The molecule has 1 heterocycles. The Hall–Kier alpha value is -2.77. The van der Waals surface area contributed by atoms with Crippen LogP contribution in [0.15, 0.2) is 36.4 Å². The molecule has 0 bridgehead atoms. The first-order valence-electron chi connectivity index (χ1n) is 9.91. The number of hydrogen-bond acceptors (Lipinski definition) is 6. The topological polar surface area (TPSA) is 95.7 Å². The van der Waals surface area contributed by atoms with Gasteiger partial charge in [0.1, 0.15) is 33.6 Å². The minimum atomic E-state index is -1.09. The Morgan fingerprint density at radius 1 is 1.03 bits per heavy atom. The number of carbonyl (C=O) groups excluding carboxylic acids is 2. The molecule has 2 aromatic carbocycles. The third-order valence-corrected chi connectivity index (χ3v) is 5.68. The molecule has 1 saturated heterocycles. The Morgan fingerprint density at radius 3 is 2.10 bits per heavy atom. The maximum Gasteiger partial charge on any atom is 0.288 e. The molecule has 164 valence electrons. The molecule has 0 aromatic heterocycles. The summed E-state index contributed by atoms with van der Waals surface area (Å²) in [5.74, 6) is -0.664. The van der Waals surface area contributed by atoms with Gasteiger partial charge in [0.25, 0.3) is 5.69 Å². The van der Waals surface area contributed by atoms with Crippen LogP contribution in [0.2, 0.25) is 5.02 Å². The van der Waals surface area contributed by atoms with Gasteiger partial charge in [0.05, 0.1) is 4.92 Å². The van der Waals surface area contributed by atoms with Gasteiger partial charge in [-0.1, -0.05) is 24.6 Å². The van der Waals surface area contributed by atoms with E-state index in [0.29, 0.717) is 23.5 Å². The molecular weight excluding hydrogens is 422 g/mol. The maximum atomic E-state index is 13.1. The summed E-state index contributed by atoms with van der Waals surface area (Å²) in [6, 6.07) is 9.26. The highest BCUT2D eigenvalue weighted by Crippen LogP contribution is 2.40. The van der Waals surface area contributed by atoms with E-state index in [-0.39, 0.29) is 22.3 Å². The molecule has 8 heteroatoms. The summed E-state index contributed by atoms with van der Waals surface area (Å²) in [4.78, 5) is 36.5. The predicted molar refractivity (Wildman–Crippen MR) is 116 cm³/mol. The van der Waals surface area contributed by atoms with E-state index in [9.17, 15) is 19.7 Å². The van der Waals surface area contributed by atoms with E-state index in [1.54, 1.807) is 45.9 Å². The fraction of sp³-hybridized carbons (Fsp3) is 0.391. The third-order valence-electron chi connectivity index (χ3n) is 5.38. The quantitative estimate of drug-likeness (QED) is 0.346. The van der Waals surface area contributed by atoms with Gasteiger partial charge in [-0.3, -0.25) is 19.7 Å². The number of nitro benzene ring substituents is 1. The molecule has 1 fully saturated rings. The van der Waals surface area contributed by atoms with E-state index in [2.05, 4.69) is 0 Å². The summed E-state index contributed by atoms with van der Waals surface area (Å²) in [7, 11) is 0. The molecule has 2 aromatic rings. The highest BCUT2D eigenvalue weighted by molar-refractivity contribution is 6.32. The van der Waals surface area contributed by atoms with Crippen LogP contribution in [0, 0.1) is 10.1 Å². The highest BCUT2D eigenvalue weighted by Gasteiger charge is 2.53. The molecular formula is C23H24ClNO6. The van der Waals surface area contributed by atoms with Crippen molar-refractivity contribution in [2.75, 3.05) is 0 Å². The normalized spacial score (nSPS) is 18.1. The van der Waals surface area contributed by atoms with Crippen LogP contribution in [-0.4, -0.2) is 27.7 Å². The van der Waals surface area contributed by atoms with Crippen molar-refractivity contribution in [1.29, 1.82) is 0 Å². The Labute approximate surface area is 185 Å². The number of hydrogen-bond donors (Lipinski definition) is 0. The number of benzene rings is 2. The SMILES string of the molecule is CCc1cc(Oc2ccc([N+](=O)[O-])c(Cl)c2)ccc1C1C(=O)C(C)(C)OC(C)(C)C1=O. The fourth-order valence-electron chi connectivity index (χ4n) is 3.90. The first kappa shape index (κ1) is 22.9. The van der Waals surface area contributed by atoms with E-state index in [0.717, 1.165) is 5.56 Å². The fourth-order valence-corrected chi connectivity index (χ4v) is 4.14. The number of Topliss-reactive ketones (excluding diaryl/α,β-unsaturated/α-hetero) is 2. The molecule has 0 aliphatic carbocycles. The van der Waals surface area contributed by atoms with Crippen molar-refractivity contribution in [1.82, 2.24) is 0 Å². The molecule has 0 saturated carbocycles. The first-order chi connectivity index (χ1) is 14.4. The molecule has 1 aliphatic heterocycles. The first-order valence-corrected chi connectivity index (χ1v) is 10.3. The predicted octanol–water partition coefficient (Wildman–Crippen LogP) is 5.41. The number of ether oxygens (including phenoxy) is 2. The molecule has 0 amide bonds. The van der Waals surface area contributed by atoms with Crippen LogP contribution in [0.5, 0.6) is 11.5 Å². The van der Waals surface area contributed by atoms with E-state index in [4.69, 9.17) is 21.1 Å². The van der Waals surface area contributed by atoms with Gasteiger partial charge in [-0.05, 0) is 63.4 Å². The van der Waals surface area contributed by atoms with Crippen molar-refractivity contribution < 1.29 is 24.0 Å². The second kappa shape index (κ2) is 8.05. The number of nitro groups is 1. The average Bonchev–Trinajstić information content (AvgIpc) is 2.66. The van der Waals surface area contributed by atoms with Crippen molar-refractivity contribution in [3.8, 4) is 11.5 Å². The Balaban J connectivity index is 1.96. The molecule has 0 unspecified atom stereocenters. The van der Waals surface area contributed by atoms with Crippen LogP contribution in [0.3, 0.4) is 0 Å². The Morgan fingerprint density at radius 2 is 1.58 bits per heavy atom. The maximum absolute atomic E-state index is 13.1. The molecule has 1 aliphatic rings. The number of carbonyl (C=O) groups is 2. The van der Waals surface area contributed by atoms with Gasteiger partial charge in [0.2, 0.25) is 0 Å². The van der Waals surface area contributed by atoms with Crippen LogP contribution < -0.4 is 4.74 Å². The van der Waals surface area contributed by atoms with Crippen LogP contribution in [0.25, 0.3) is 0 Å². The van der Waals surface area contributed by atoms with Gasteiger partial charge >= 0.3 is 0 Å². The van der Waals surface area contributed by atoms with Gasteiger partial charge in [0.15, 0.2) is 11.6 Å². The Bertz CT molecular complexity index is 1050. The average molecular weight is 446 g/mol. The molecule has 0 radical (unpaired) electrons. The second-order valence-corrected chi connectivity index (χ2v) is 8.88. The lowest BCUT2D eigenvalue weighted by Crippen LogP contribution is -2.58. The van der Waals surface area contributed by atoms with Gasteiger partial charge < -0.3 is 9.47 Å². The van der Waals surface area contributed by atoms with Gasteiger partial charge in [-0.15, -0.1) is 0 Å². The van der Waals surface area contributed by atoms with Crippen molar-refractivity contribution in [2.24, 2.45) is 0 Å². The van der Waals surface area contributed by atoms with E-state index >= 15 is 0 Å². The standard InChI is InChI=1S/C23H24ClNO6/c1-6-13-11-14(30-15-8-10-18(25(28)29)17(24)12-15)7-9-16(13)19-20(26)22(2,3)31-23(4,5)21(19)27/h7-12,19H,6H2,1-5H3. The van der Waals surface area contributed by atoms with Gasteiger partial charge in [-0.25, -0.2) is 0 Å². The lowest BCUT2D eigenvalue weighted by Gasteiger charge is -2.43. The van der Waals surface area contributed by atoms with Crippen LogP contribution in [0.4, 0.5) is 5.69 Å². The zero-order chi connectivity index (χ0) is 23.1. The molecule has 3 rings (SSSR count). The van der Waals surface area contributed by atoms with Gasteiger partial charge in [-0.2, -0.15) is 0 Å². The summed E-state index contributed by atoms with van der Waals surface area (Å²) in [6.45, 7) is 8.64. The largest absolute Gasteiger partial charge is 0.457 e. The summed E-state index contributed by atoms with van der Waals surface area (Å²) in [5.41, 5.74) is -0.947. The smallest absolute Gasteiger partial charge is 0.288 e. The molecule has 0 N–H and O–H groups in total. The Kier molecular flexibility index (Phi) is 5.95. The summed E-state index contributed by atoms with van der Waals surface area (Å²) < 4.78 is 11.6. The zero-order valence-electron chi connectivity index (χ0n) is 18.0. The zero-order valence-corrected chi connectivity index (χ0v) is 18.8. The second-order valence-electron chi connectivity index (χ2n) is 8.47. The third kappa shape index (κ3) is 4.34. The monoisotopic (exact) mass is 445 g/mol. The van der Waals surface area contributed by atoms with Crippen molar-refractivity contribution >= 4 is 28.9 Å². The lowest BCUT2D eigenvalue weighted by molar-refractivity contribution is -0.384. The van der Waals surface area contributed by atoms with Gasteiger partial charge in [0, 0.05) is 12.1 Å². The minimum Gasteiger partial charge on any atom is -0.457 e. The number of rotatable bonds is 5. The summed E-state index contributed by atoms with van der Waals surface area (Å²) in [6.07, 6.45) is 0.576. The van der Waals surface area contributed by atoms with Crippen LogP contribution >= 0.6 is 11.6 Å². The van der Waals surface area contributed by atoms with Crippen molar-refractivity contribution in [3.05, 3.63) is 62.7 Å².